The number of carbonyl (C=O) groups excluding carboxylic acids is 2. The van der Waals surface area contributed by atoms with Crippen LogP contribution in [0.15, 0.2) is 48.6 Å². The predicted molar refractivity (Wildman–Crippen MR) is 85.2 cm³/mol. The molecule has 0 heterocycles. The molecule has 118 valence electrons. The topological polar surface area (TPSA) is 52.6 Å². The molecule has 0 fully saturated rings. The van der Waals surface area contributed by atoms with Crippen LogP contribution in [0.1, 0.15) is 38.0 Å². The summed E-state index contributed by atoms with van der Waals surface area (Å²) in [5.74, 6) is -1.02. The van der Waals surface area contributed by atoms with Crippen molar-refractivity contribution in [1.82, 2.24) is 0 Å². The molecule has 0 saturated heterocycles. The van der Waals surface area contributed by atoms with Crippen molar-refractivity contribution in [2.24, 2.45) is 0 Å². The molecule has 1 rings (SSSR count). The average molecular weight is 302 g/mol. The van der Waals surface area contributed by atoms with Crippen molar-refractivity contribution in [3.05, 3.63) is 59.7 Å². The van der Waals surface area contributed by atoms with Gasteiger partial charge in [-0.05, 0) is 31.4 Å². The van der Waals surface area contributed by atoms with Gasteiger partial charge >= 0.3 is 11.9 Å². The number of benzene rings is 1. The number of esters is 2. The molecular weight excluding hydrogens is 280 g/mol. The molecule has 1 aromatic rings. The Labute approximate surface area is 131 Å². The van der Waals surface area contributed by atoms with Crippen molar-refractivity contribution >= 4 is 11.9 Å². The number of hydrogen-bond acceptors (Lipinski definition) is 4. The minimum Gasteiger partial charge on any atom is -0.458 e. The van der Waals surface area contributed by atoms with E-state index in [4.69, 9.17) is 9.47 Å². The Bertz CT molecular complexity index is 587. The third-order valence-corrected chi connectivity index (χ3v) is 3.09. The molecule has 0 saturated carbocycles. The molecule has 0 amide bonds. The standard InChI is InChI=1S/C18H22O4/c1-6-14-9-7-8-10-15(14)16(22-18(20)13(4)5)11-21-17(19)12(2)3/h7-10,16H,2,4,6,11H2,1,3,5H3. The van der Waals surface area contributed by atoms with Crippen LogP contribution in [0.25, 0.3) is 0 Å². The van der Waals surface area contributed by atoms with Crippen LogP contribution in [-0.4, -0.2) is 18.5 Å². The maximum Gasteiger partial charge on any atom is 0.333 e. The van der Waals surface area contributed by atoms with Gasteiger partial charge in [0, 0.05) is 11.1 Å². The number of rotatable bonds is 7. The van der Waals surface area contributed by atoms with E-state index in [1.807, 2.05) is 31.2 Å². The summed E-state index contributed by atoms with van der Waals surface area (Å²) < 4.78 is 10.6. The van der Waals surface area contributed by atoms with Gasteiger partial charge in [0.25, 0.3) is 0 Å². The largest absolute Gasteiger partial charge is 0.458 e. The molecule has 0 N–H and O–H groups in total. The molecule has 0 aliphatic carbocycles. The fourth-order valence-electron chi connectivity index (χ4n) is 1.86. The van der Waals surface area contributed by atoms with E-state index in [0.29, 0.717) is 11.1 Å². The molecule has 0 spiro atoms. The molecule has 0 aromatic heterocycles. The average Bonchev–Trinajstić information content (AvgIpc) is 2.50. The van der Waals surface area contributed by atoms with E-state index >= 15 is 0 Å². The summed E-state index contributed by atoms with van der Waals surface area (Å²) in [6.07, 6.45) is 0.120. The minimum absolute atomic E-state index is 0.0538. The Morgan fingerprint density at radius 1 is 1.09 bits per heavy atom. The molecule has 4 heteroatoms. The van der Waals surface area contributed by atoms with Crippen molar-refractivity contribution in [1.29, 1.82) is 0 Å². The summed E-state index contributed by atoms with van der Waals surface area (Å²) in [6, 6.07) is 7.60. The van der Waals surface area contributed by atoms with Crippen LogP contribution < -0.4 is 0 Å². The van der Waals surface area contributed by atoms with Crippen molar-refractivity contribution in [3.8, 4) is 0 Å². The van der Waals surface area contributed by atoms with E-state index in [9.17, 15) is 9.59 Å². The van der Waals surface area contributed by atoms with E-state index < -0.39 is 18.0 Å². The van der Waals surface area contributed by atoms with Crippen LogP contribution >= 0.6 is 0 Å². The quantitative estimate of drug-likeness (QED) is 0.571. The zero-order chi connectivity index (χ0) is 16.7. The van der Waals surface area contributed by atoms with Gasteiger partial charge in [-0.1, -0.05) is 44.3 Å². The fraction of sp³-hybridized carbons (Fsp3) is 0.333. The van der Waals surface area contributed by atoms with Crippen molar-refractivity contribution in [2.75, 3.05) is 6.61 Å². The monoisotopic (exact) mass is 302 g/mol. The zero-order valence-corrected chi connectivity index (χ0v) is 13.3. The van der Waals surface area contributed by atoms with E-state index in [2.05, 4.69) is 13.2 Å². The lowest BCUT2D eigenvalue weighted by Crippen LogP contribution is -2.20. The first-order chi connectivity index (χ1) is 10.4. The Morgan fingerprint density at radius 2 is 1.68 bits per heavy atom. The lowest BCUT2D eigenvalue weighted by atomic mass is 10.0. The predicted octanol–water partition coefficient (Wildman–Crippen LogP) is 3.53. The maximum atomic E-state index is 11.8. The zero-order valence-electron chi connectivity index (χ0n) is 13.3. The Kier molecular flexibility index (Phi) is 6.57. The smallest absolute Gasteiger partial charge is 0.333 e. The van der Waals surface area contributed by atoms with Gasteiger partial charge in [-0.3, -0.25) is 0 Å². The number of ether oxygens (including phenoxy) is 2. The highest BCUT2D eigenvalue weighted by atomic mass is 16.6. The first kappa shape index (κ1) is 17.7. The molecule has 1 atom stereocenters. The van der Waals surface area contributed by atoms with Crippen LogP contribution in [0.2, 0.25) is 0 Å². The van der Waals surface area contributed by atoms with Gasteiger partial charge in [-0.2, -0.15) is 0 Å². The SMILES string of the molecule is C=C(C)C(=O)OCC(OC(=O)C(=C)C)c1ccccc1CC. The molecule has 1 unspecified atom stereocenters. The van der Waals surface area contributed by atoms with Gasteiger partial charge in [-0.15, -0.1) is 0 Å². The summed E-state index contributed by atoms with van der Waals surface area (Å²) in [7, 11) is 0. The lowest BCUT2D eigenvalue weighted by Gasteiger charge is -2.21. The first-order valence-corrected chi connectivity index (χ1v) is 7.13. The maximum absolute atomic E-state index is 11.8. The second-order valence-corrected chi connectivity index (χ2v) is 5.11. The van der Waals surface area contributed by atoms with Gasteiger partial charge in [0.05, 0.1) is 0 Å². The normalized spacial score (nSPS) is 11.4. The van der Waals surface area contributed by atoms with Crippen LogP contribution in [0, 0.1) is 0 Å². The molecule has 0 bridgehead atoms. The third-order valence-electron chi connectivity index (χ3n) is 3.09. The molecule has 4 nitrogen and oxygen atoms in total. The Hall–Kier alpha value is -2.36. The highest BCUT2D eigenvalue weighted by Gasteiger charge is 2.21. The van der Waals surface area contributed by atoms with Gasteiger partial charge in [0.1, 0.15) is 6.61 Å². The summed E-state index contributed by atoms with van der Waals surface area (Å²) in [6.45, 7) is 12.2. The van der Waals surface area contributed by atoms with E-state index in [1.165, 1.54) is 0 Å². The third kappa shape index (κ3) is 4.88. The van der Waals surface area contributed by atoms with Crippen LogP contribution in [0.4, 0.5) is 0 Å². The van der Waals surface area contributed by atoms with Crippen LogP contribution in [-0.2, 0) is 25.5 Å². The number of hydrogen-bond donors (Lipinski definition) is 0. The Balaban J connectivity index is 2.99. The summed E-state index contributed by atoms with van der Waals surface area (Å²) >= 11 is 0. The second-order valence-electron chi connectivity index (χ2n) is 5.11. The number of carbonyl (C=O) groups is 2. The second kappa shape index (κ2) is 8.17. The van der Waals surface area contributed by atoms with E-state index in [1.54, 1.807) is 13.8 Å². The molecular formula is C18H22O4. The highest BCUT2D eigenvalue weighted by Crippen LogP contribution is 2.24. The summed E-state index contributed by atoms with van der Waals surface area (Å²) in [5, 5.41) is 0. The fourth-order valence-corrected chi connectivity index (χ4v) is 1.86. The molecule has 0 radical (unpaired) electrons. The van der Waals surface area contributed by atoms with Crippen molar-refractivity contribution < 1.29 is 19.1 Å². The van der Waals surface area contributed by atoms with E-state index in [-0.39, 0.29) is 6.61 Å². The molecule has 1 aromatic carbocycles. The van der Waals surface area contributed by atoms with Crippen molar-refractivity contribution in [3.63, 3.8) is 0 Å². The molecule has 0 aliphatic rings. The lowest BCUT2D eigenvalue weighted by molar-refractivity contribution is -0.154. The molecule has 0 aliphatic heterocycles. The van der Waals surface area contributed by atoms with Gasteiger partial charge in [0.15, 0.2) is 6.10 Å². The van der Waals surface area contributed by atoms with Gasteiger partial charge in [-0.25, -0.2) is 9.59 Å². The highest BCUT2D eigenvalue weighted by molar-refractivity contribution is 5.87. The van der Waals surface area contributed by atoms with Crippen LogP contribution in [0.3, 0.4) is 0 Å². The van der Waals surface area contributed by atoms with Gasteiger partial charge < -0.3 is 9.47 Å². The van der Waals surface area contributed by atoms with Gasteiger partial charge in [0.2, 0.25) is 0 Å². The minimum atomic E-state index is -0.663. The number of aryl methyl sites for hydroxylation is 1. The summed E-state index contributed by atoms with van der Waals surface area (Å²) in [5.41, 5.74) is 2.46. The molecule has 22 heavy (non-hydrogen) atoms. The first-order valence-electron chi connectivity index (χ1n) is 7.13. The Morgan fingerprint density at radius 3 is 2.23 bits per heavy atom. The summed E-state index contributed by atoms with van der Waals surface area (Å²) in [4.78, 5) is 23.4. The van der Waals surface area contributed by atoms with Crippen LogP contribution in [0.5, 0.6) is 0 Å². The van der Waals surface area contributed by atoms with Crippen molar-refractivity contribution in [2.45, 2.75) is 33.3 Å². The van der Waals surface area contributed by atoms with E-state index in [0.717, 1.165) is 17.5 Å².